The zero-order valence-corrected chi connectivity index (χ0v) is 11.6. The van der Waals surface area contributed by atoms with Crippen LogP contribution in [0, 0.1) is 0 Å². The Morgan fingerprint density at radius 1 is 1.29 bits per heavy atom. The lowest BCUT2D eigenvalue weighted by Crippen LogP contribution is -2.21. The minimum Gasteiger partial charge on any atom is -0.390 e. The van der Waals surface area contributed by atoms with E-state index in [2.05, 4.69) is 6.92 Å². The molecule has 1 rings (SSSR count). The number of aliphatic hydroxyl groups is 1. The van der Waals surface area contributed by atoms with Gasteiger partial charge in [-0.25, -0.2) is 0 Å². The summed E-state index contributed by atoms with van der Waals surface area (Å²) < 4.78 is 5.34. The fraction of sp³-hybridized carbons (Fsp3) is 0.538. The minimum atomic E-state index is -0.586. The van der Waals surface area contributed by atoms with Gasteiger partial charge in [0.15, 0.2) is 0 Å². The number of ether oxygens (including phenoxy) is 1. The third kappa shape index (κ3) is 3.85. The maximum Gasteiger partial charge on any atom is 0.111 e. The molecule has 0 aliphatic carbocycles. The number of methoxy groups -OCH3 is 1. The van der Waals surface area contributed by atoms with Crippen molar-refractivity contribution in [1.82, 2.24) is 0 Å². The Hall–Kier alpha value is -0.280. The summed E-state index contributed by atoms with van der Waals surface area (Å²) in [6.45, 7) is 2.08. The Kier molecular flexibility index (Phi) is 6.28. The first-order valence-electron chi connectivity index (χ1n) is 5.76. The van der Waals surface area contributed by atoms with Gasteiger partial charge in [-0.1, -0.05) is 49.0 Å². The Bertz CT molecular complexity index is 335. The van der Waals surface area contributed by atoms with Gasteiger partial charge >= 0.3 is 0 Å². The lowest BCUT2D eigenvalue weighted by atomic mass is 10.00. The molecule has 17 heavy (non-hydrogen) atoms. The van der Waals surface area contributed by atoms with E-state index in [0.717, 1.165) is 12.8 Å². The van der Waals surface area contributed by atoms with Crippen molar-refractivity contribution in [3.05, 3.63) is 33.8 Å². The molecular weight excluding hydrogens is 259 g/mol. The highest BCUT2D eigenvalue weighted by molar-refractivity contribution is 6.36. The van der Waals surface area contributed by atoms with Crippen LogP contribution in [0.5, 0.6) is 0 Å². The Labute approximate surface area is 113 Å². The van der Waals surface area contributed by atoms with Gasteiger partial charge in [0.1, 0.15) is 6.10 Å². The Balaban J connectivity index is 2.93. The molecule has 0 amide bonds. The van der Waals surface area contributed by atoms with Gasteiger partial charge in [-0.05, 0) is 18.6 Å². The van der Waals surface area contributed by atoms with E-state index in [9.17, 15) is 5.11 Å². The topological polar surface area (TPSA) is 29.5 Å². The first-order valence-corrected chi connectivity index (χ1v) is 6.52. The molecule has 0 fully saturated rings. The fourth-order valence-corrected chi connectivity index (χ4v) is 2.43. The Morgan fingerprint density at radius 2 is 1.88 bits per heavy atom. The van der Waals surface area contributed by atoms with Crippen molar-refractivity contribution in [2.75, 3.05) is 7.11 Å². The monoisotopic (exact) mass is 276 g/mol. The highest BCUT2D eigenvalue weighted by Crippen LogP contribution is 2.35. The van der Waals surface area contributed by atoms with Crippen molar-refractivity contribution >= 4 is 23.2 Å². The van der Waals surface area contributed by atoms with Gasteiger partial charge in [-0.15, -0.1) is 0 Å². The largest absolute Gasteiger partial charge is 0.390 e. The van der Waals surface area contributed by atoms with E-state index in [1.165, 1.54) is 0 Å². The normalized spacial score (nSPS) is 14.6. The van der Waals surface area contributed by atoms with E-state index in [0.29, 0.717) is 22.0 Å². The van der Waals surface area contributed by atoms with Crippen LogP contribution < -0.4 is 0 Å². The van der Waals surface area contributed by atoms with Crippen LogP contribution in [-0.2, 0) is 4.74 Å². The summed E-state index contributed by atoms with van der Waals surface area (Å²) in [5.74, 6) is 0. The third-order valence-corrected chi connectivity index (χ3v) is 3.40. The molecule has 0 aromatic heterocycles. The molecule has 0 saturated heterocycles. The zero-order chi connectivity index (χ0) is 12.8. The first kappa shape index (κ1) is 14.8. The lowest BCUT2D eigenvalue weighted by molar-refractivity contribution is -0.0180. The van der Waals surface area contributed by atoms with Crippen LogP contribution in [0.15, 0.2) is 18.2 Å². The molecular formula is C13H18Cl2O2. The van der Waals surface area contributed by atoms with E-state index in [-0.39, 0.29) is 0 Å². The van der Waals surface area contributed by atoms with Gasteiger partial charge in [-0.2, -0.15) is 0 Å². The SMILES string of the molecule is CCCC[C@@H](O)[C@H](OC)c1c(Cl)cccc1Cl. The van der Waals surface area contributed by atoms with Crippen LogP contribution in [-0.4, -0.2) is 18.3 Å². The number of benzene rings is 1. The summed E-state index contributed by atoms with van der Waals surface area (Å²) in [6, 6.07) is 5.28. The molecule has 0 radical (unpaired) electrons. The van der Waals surface area contributed by atoms with Gasteiger partial charge in [0, 0.05) is 22.7 Å². The van der Waals surface area contributed by atoms with Gasteiger partial charge in [-0.3, -0.25) is 0 Å². The lowest BCUT2D eigenvalue weighted by Gasteiger charge is -2.23. The van der Waals surface area contributed by atoms with Crippen molar-refractivity contribution in [3.8, 4) is 0 Å². The predicted octanol–water partition coefficient (Wildman–Crippen LogP) is 4.23. The average molecular weight is 277 g/mol. The van der Waals surface area contributed by atoms with E-state index in [1.54, 1.807) is 25.3 Å². The van der Waals surface area contributed by atoms with Gasteiger partial charge in [0.05, 0.1) is 6.10 Å². The molecule has 1 aromatic rings. The average Bonchev–Trinajstić information content (AvgIpc) is 2.31. The summed E-state index contributed by atoms with van der Waals surface area (Å²) in [5.41, 5.74) is 0.668. The maximum atomic E-state index is 10.1. The molecule has 1 N–H and O–H groups in total. The summed E-state index contributed by atoms with van der Waals surface area (Å²) in [6.07, 6.45) is 1.60. The first-order chi connectivity index (χ1) is 8.11. The number of unbranched alkanes of at least 4 members (excludes halogenated alkanes) is 1. The standard InChI is InChI=1S/C13H18Cl2O2/c1-3-4-8-11(16)13(17-2)12-9(14)6-5-7-10(12)15/h5-7,11,13,16H,3-4,8H2,1-2H3/t11-,13+/m1/s1. The van der Waals surface area contributed by atoms with E-state index in [1.807, 2.05) is 0 Å². The van der Waals surface area contributed by atoms with Crippen LogP contribution in [0.3, 0.4) is 0 Å². The molecule has 4 heteroatoms. The van der Waals surface area contributed by atoms with Crippen molar-refractivity contribution in [2.45, 2.75) is 38.4 Å². The molecule has 0 heterocycles. The number of hydrogen-bond donors (Lipinski definition) is 1. The molecule has 0 aliphatic rings. The molecule has 96 valence electrons. The zero-order valence-electron chi connectivity index (χ0n) is 10.1. The van der Waals surface area contributed by atoms with E-state index < -0.39 is 12.2 Å². The molecule has 0 spiro atoms. The number of hydrogen-bond acceptors (Lipinski definition) is 2. The molecule has 1 aromatic carbocycles. The van der Waals surface area contributed by atoms with Crippen molar-refractivity contribution < 1.29 is 9.84 Å². The van der Waals surface area contributed by atoms with Gasteiger partial charge in [0.2, 0.25) is 0 Å². The molecule has 0 unspecified atom stereocenters. The minimum absolute atomic E-state index is 0.470. The molecule has 0 aliphatic heterocycles. The second kappa shape index (κ2) is 7.22. The summed E-state index contributed by atoms with van der Waals surface area (Å²) in [4.78, 5) is 0. The third-order valence-electron chi connectivity index (χ3n) is 2.74. The highest BCUT2D eigenvalue weighted by Gasteiger charge is 2.24. The van der Waals surface area contributed by atoms with Crippen LogP contribution >= 0.6 is 23.2 Å². The smallest absolute Gasteiger partial charge is 0.111 e. The predicted molar refractivity (Wildman–Crippen MR) is 71.7 cm³/mol. The van der Waals surface area contributed by atoms with Crippen molar-refractivity contribution in [2.24, 2.45) is 0 Å². The van der Waals surface area contributed by atoms with Crippen molar-refractivity contribution in [1.29, 1.82) is 0 Å². The maximum absolute atomic E-state index is 10.1. The van der Waals surface area contributed by atoms with Crippen LogP contribution in [0.1, 0.15) is 37.9 Å². The van der Waals surface area contributed by atoms with Gasteiger partial charge < -0.3 is 9.84 Å². The number of halogens is 2. The van der Waals surface area contributed by atoms with E-state index >= 15 is 0 Å². The quantitative estimate of drug-likeness (QED) is 0.843. The Morgan fingerprint density at radius 3 is 2.35 bits per heavy atom. The summed E-state index contributed by atoms with van der Waals surface area (Å²) >= 11 is 12.2. The van der Waals surface area contributed by atoms with Gasteiger partial charge in [0.25, 0.3) is 0 Å². The summed E-state index contributed by atoms with van der Waals surface area (Å²) in [5, 5.41) is 11.2. The molecule has 2 nitrogen and oxygen atoms in total. The van der Waals surface area contributed by atoms with Crippen LogP contribution in [0.25, 0.3) is 0 Å². The van der Waals surface area contributed by atoms with Crippen molar-refractivity contribution in [3.63, 3.8) is 0 Å². The molecule has 0 bridgehead atoms. The summed E-state index contributed by atoms with van der Waals surface area (Å²) in [7, 11) is 1.56. The molecule has 0 saturated carbocycles. The fourth-order valence-electron chi connectivity index (χ4n) is 1.81. The van der Waals surface area contributed by atoms with E-state index in [4.69, 9.17) is 27.9 Å². The highest BCUT2D eigenvalue weighted by atomic mass is 35.5. The van der Waals surface area contributed by atoms with Crippen LogP contribution in [0.4, 0.5) is 0 Å². The second-order valence-electron chi connectivity index (χ2n) is 4.00. The number of rotatable bonds is 6. The number of aliphatic hydroxyl groups excluding tert-OH is 1. The van der Waals surface area contributed by atoms with Crippen LogP contribution in [0.2, 0.25) is 10.0 Å². The molecule has 2 atom stereocenters. The second-order valence-corrected chi connectivity index (χ2v) is 4.82.